The number of pyridine rings is 1. The monoisotopic (exact) mass is 275 g/mol. The predicted octanol–water partition coefficient (Wildman–Crippen LogP) is 1.38. The molecule has 0 aromatic carbocycles. The maximum absolute atomic E-state index is 11.6. The van der Waals surface area contributed by atoms with Crippen LogP contribution in [0.1, 0.15) is 35.8 Å². The smallest absolute Gasteiger partial charge is 0.335 e. The van der Waals surface area contributed by atoms with Crippen LogP contribution in [0, 0.1) is 12.3 Å². The first-order valence-electron chi connectivity index (χ1n) is 6.22. The molecule has 6 nitrogen and oxygen atoms in total. The van der Waals surface area contributed by atoms with E-state index in [1.807, 2.05) is 6.92 Å². The van der Waals surface area contributed by atoms with Crippen molar-refractivity contribution in [2.45, 2.75) is 32.4 Å². The minimum absolute atomic E-state index is 0.0710. The Balaban J connectivity index is 2.50. The third-order valence-electron chi connectivity index (χ3n) is 2.69. The molecule has 1 aromatic heterocycles. The van der Waals surface area contributed by atoms with Gasteiger partial charge in [-0.15, -0.1) is 12.3 Å². The molecule has 0 aliphatic carbocycles. The maximum atomic E-state index is 11.6. The Morgan fingerprint density at radius 2 is 2.30 bits per heavy atom. The highest BCUT2D eigenvalue weighted by atomic mass is 16.4. The van der Waals surface area contributed by atoms with Gasteiger partial charge < -0.3 is 15.7 Å². The van der Waals surface area contributed by atoms with Crippen LogP contribution in [0.3, 0.4) is 0 Å². The van der Waals surface area contributed by atoms with Gasteiger partial charge in [-0.05, 0) is 18.6 Å². The number of hydrogen-bond donors (Lipinski definition) is 3. The van der Waals surface area contributed by atoms with Gasteiger partial charge in [0, 0.05) is 18.7 Å². The van der Waals surface area contributed by atoms with Gasteiger partial charge in [-0.1, -0.05) is 6.92 Å². The fraction of sp³-hybridized carbons (Fsp3) is 0.357. The first kappa shape index (κ1) is 15.5. The Hall–Kier alpha value is -2.55. The van der Waals surface area contributed by atoms with Crippen LogP contribution in [0.5, 0.6) is 0 Å². The average Bonchev–Trinajstić information content (AvgIpc) is 2.45. The minimum Gasteiger partial charge on any atom is -0.478 e. The highest BCUT2D eigenvalue weighted by molar-refractivity contribution is 5.87. The number of aromatic carboxylic acids is 1. The van der Waals surface area contributed by atoms with E-state index >= 15 is 0 Å². The molecule has 1 aromatic rings. The second-order valence-electron chi connectivity index (χ2n) is 4.18. The van der Waals surface area contributed by atoms with Crippen molar-refractivity contribution >= 4 is 12.0 Å². The maximum Gasteiger partial charge on any atom is 0.335 e. The van der Waals surface area contributed by atoms with E-state index in [-0.39, 0.29) is 24.2 Å². The number of nitrogens with zero attached hydrogens (tertiary/aromatic N) is 1. The molecule has 0 spiro atoms. The van der Waals surface area contributed by atoms with Crippen molar-refractivity contribution in [1.82, 2.24) is 15.6 Å². The lowest BCUT2D eigenvalue weighted by Crippen LogP contribution is -2.41. The molecule has 0 aliphatic heterocycles. The van der Waals surface area contributed by atoms with Crippen LogP contribution in [-0.2, 0) is 6.54 Å². The van der Waals surface area contributed by atoms with Gasteiger partial charge in [-0.2, -0.15) is 0 Å². The molecule has 1 rings (SSSR count). The van der Waals surface area contributed by atoms with Crippen molar-refractivity contribution in [3.63, 3.8) is 0 Å². The minimum atomic E-state index is -1.03. The van der Waals surface area contributed by atoms with Gasteiger partial charge in [0.25, 0.3) is 0 Å². The summed E-state index contributed by atoms with van der Waals surface area (Å²) in [6.45, 7) is 2.08. The number of carbonyl (C=O) groups is 2. The van der Waals surface area contributed by atoms with Crippen molar-refractivity contribution in [2.24, 2.45) is 0 Å². The lowest BCUT2D eigenvalue weighted by Gasteiger charge is -2.14. The van der Waals surface area contributed by atoms with Gasteiger partial charge in [-0.3, -0.25) is 4.98 Å². The lowest BCUT2D eigenvalue weighted by atomic mass is 10.1. The summed E-state index contributed by atoms with van der Waals surface area (Å²) < 4.78 is 0. The molecule has 1 atom stereocenters. The van der Waals surface area contributed by atoms with E-state index < -0.39 is 5.97 Å². The molecule has 1 heterocycles. The molecule has 0 radical (unpaired) electrons. The second-order valence-corrected chi connectivity index (χ2v) is 4.18. The highest BCUT2D eigenvalue weighted by Crippen LogP contribution is 2.02. The molecule has 0 saturated heterocycles. The Kier molecular flexibility index (Phi) is 6.04. The molecular weight excluding hydrogens is 258 g/mol. The Morgan fingerprint density at radius 1 is 1.55 bits per heavy atom. The summed E-state index contributed by atoms with van der Waals surface area (Å²) >= 11 is 0. The molecule has 20 heavy (non-hydrogen) atoms. The van der Waals surface area contributed by atoms with Gasteiger partial charge in [0.05, 0.1) is 17.8 Å². The number of rotatable bonds is 6. The molecule has 3 N–H and O–H groups in total. The van der Waals surface area contributed by atoms with Crippen LogP contribution in [-0.4, -0.2) is 28.1 Å². The fourth-order valence-electron chi connectivity index (χ4n) is 1.55. The molecule has 0 aliphatic rings. The molecule has 0 fully saturated rings. The summed E-state index contributed by atoms with van der Waals surface area (Å²) in [6.07, 6.45) is 7.81. The summed E-state index contributed by atoms with van der Waals surface area (Å²) in [5, 5.41) is 14.2. The number of hydrogen-bond acceptors (Lipinski definition) is 3. The topological polar surface area (TPSA) is 91.3 Å². The van der Waals surface area contributed by atoms with Crippen molar-refractivity contribution in [1.29, 1.82) is 0 Å². The Morgan fingerprint density at radius 3 is 2.90 bits per heavy atom. The van der Waals surface area contributed by atoms with Gasteiger partial charge >= 0.3 is 12.0 Å². The third kappa shape index (κ3) is 4.98. The number of carboxylic acids is 1. The standard InChI is InChI=1S/C14H17N3O3/c1-3-5-11(4-2)17-14(20)16-9-12-8-10(13(18)19)6-7-15-12/h1,6-8,11H,4-5,9H2,2H3,(H,18,19)(H2,16,17,20). The molecule has 0 bridgehead atoms. The van der Waals surface area contributed by atoms with Crippen LogP contribution in [0.4, 0.5) is 4.79 Å². The molecular formula is C14H17N3O3. The van der Waals surface area contributed by atoms with Crippen LogP contribution >= 0.6 is 0 Å². The zero-order valence-corrected chi connectivity index (χ0v) is 11.2. The highest BCUT2D eigenvalue weighted by Gasteiger charge is 2.09. The number of urea groups is 1. The van der Waals surface area contributed by atoms with E-state index in [0.717, 1.165) is 6.42 Å². The number of terminal acetylenes is 1. The van der Waals surface area contributed by atoms with Crippen molar-refractivity contribution in [3.05, 3.63) is 29.6 Å². The van der Waals surface area contributed by atoms with E-state index in [9.17, 15) is 9.59 Å². The summed E-state index contributed by atoms with van der Waals surface area (Å²) in [7, 11) is 0. The Labute approximate surface area is 117 Å². The van der Waals surface area contributed by atoms with E-state index in [4.69, 9.17) is 11.5 Å². The predicted molar refractivity (Wildman–Crippen MR) is 74.1 cm³/mol. The van der Waals surface area contributed by atoms with E-state index in [0.29, 0.717) is 12.1 Å². The largest absolute Gasteiger partial charge is 0.478 e. The lowest BCUT2D eigenvalue weighted by molar-refractivity contribution is 0.0696. The summed E-state index contributed by atoms with van der Waals surface area (Å²) in [4.78, 5) is 26.4. The number of carbonyl (C=O) groups excluding carboxylic acids is 1. The van der Waals surface area contributed by atoms with Crippen LogP contribution in [0.25, 0.3) is 0 Å². The van der Waals surface area contributed by atoms with Gasteiger partial charge in [0.2, 0.25) is 0 Å². The molecule has 6 heteroatoms. The number of amides is 2. The zero-order chi connectivity index (χ0) is 15.0. The number of carboxylic acid groups (broad SMARTS) is 1. The van der Waals surface area contributed by atoms with Crippen molar-refractivity contribution < 1.29 is 14.7 Å². The quantitative estimate of drug-likeness (QED) is 0.684. The van der Waals surface area contributed by atoms with E-state index in [2.05, 4.69) is 21.5 Å². The fourth-order valence-corrected chi connectivity index (χ4v) is 1.55. The third-order valence-corrected chi connectivity index (χ3v) is 2.69. The van der Waals surface area contributed by atoms with Gasteiger partial charge in [-0.25, -0.2) is 9.59 Å². The average molecular weight is 275 g/mol. The Bertz CT molecular complexity index is 523. The second kappa shape index (κ2) is 7.79. The SMILES string of the molecule is C#CCC(CC)NC(=O)NCc1cc(C(=O)O)ccn1. The molecule has 1 unspecified atom stereocenters. The van der Waals surface area contributed by atoms with Gasteiger partial charge in [0.1, 0.15) is 0 Å². The number of aromatic nitrogens is 1. The summed E-state index contributed by atoms with van der Waals surface area (Å²) in [5.41, 5.74) is 0.612. The molecule has 0 saturated carbocycles. The first-order chi connectivity index (χ1) is 9.56. The van der Waals surface area contributed by atoms with Crippen LogP contribution < -0.4 is 10.6 Å². The summed E-state index contributed by atoms with van der Waals surface area (Å²) in [5.74, 6) is 1.47. The molecule has 2 amide bonds. The van der Waals surface area contributed by atoms with Crippen LogP contribution in [0.15, 0.2) is 18.3 Å². The van der Waals surface area contributed by atoms with Crippen molar-refractivity contribution in [2.75, 3.05) is 0 Å². The van der Waals surface area contributed by atoms with Crippen molar-refractivity contribution in [3.8, 4) is 12.3 Å². The first-order valence-corrected chi connectivity index (χ1v) is 6.22. The van der Waals surface area contributed by atoms with E-state index in [1.165, 1.54) is 18.3 Å². The zero-order valence-electron chi connectivity index (χ0n) is 11.2. The molecule has 106 valence electrons. The van der Waals surface area contributed by atoms with E-state index in [1.54, 1.807) is 0 Å². The van der Waals surface area contributed by atoms with Crippen LogP contribution in [0.2, 0.25) is 0 Å². The number of nitrogens with one attached hydrogen (secondary N) is 2. The summed E-state index contributed by atoms with van der Waals surface area (Å²) in [6, 6.07) is 2.39. The van der Waals surface area contributed by atoms with Gasteiger partial charge in [0.15, 0.2) is 0 Å². The normalized spacial score (nSPS) is 11.2.